The highest BCUT2D eigenvalue weighted by atomic mass is 32.2. The van der Waals surface area contributed by atoms with Gasteiger partial charge in [0.1, 0.15) is 11.5 Å². The first-order chi connectivity index (χ1) is 8.12. The van der Waals surface area contributed by atoms with Gasteiger partial charge >= 0.3 is 0 Å². The Morgan fingerprint density at radius 3 is 2.00 bits per heavy atom. The molecule has 1 heterocycles. The van der Waals surface area contributed by atoms with E-state index in [4.69, 9.17) is 0 Å². The highest BCUT2D eigenvalue weighted by Crippen LogP contribution is 2.16. The molecule has 0 radical (unpaired) electrons. The number of ketones is 1. The molecule has 18 heavy (non-hydrogen) atoms. The van der Waals surface area contributed by atoms with E-state index in [1.54, 1.807) is 25.7 Å². The smallest absolute Gasteiger partial charge is 0.237 e. The van der Waals surface area contributed by atoms with E-state index >= 15 is 0 Å². The maximum atomic E-state index is 11.8. The summed E-state index contributed by atoms with van der Waals surface area (Å²) in [6.45, 7) is 6.27. The van der Waals surface area contributed by atoms with Gasteiger partial charge in [-0.15, -0.1) is 0 Å². The second-order valence-corrected chi connectivity index (χ2v) is 7.86. The van der Waals surface area contributed by atoms with Gasteiger partial charge in [-0.3, -0.25) is 9.59 Å². The second-order valence-electron chi connectivity index (χ2n) is 5.79. The van der Waals surface area contributed by atoms with Crippen molar-refractivity contribution in [3.63, 3.8) is 0 Å². The molecular weight excluding hydrogens is 254 g/mol. The van der Waals surface area contributed by atoms with Crippen molar-refractivity contribution in [3.05, 3.63) is 0 Å². The van der Waals surface area contributed by atoms with Crippen LogP contribution in [0.1, 0.15) is 33.6 Å². The highest BCUT2D eigenvalue weighted by molar-refractivity contribution is 7.92. The number of carbonyl (C=O) groups excluding carboxylic acids is 2. The third kappa shape index (κ3) is 4.40. The lowest BCUT2D eigenvalue weighted by atomic mass is 9.92. The molecule has 0 N–H and O–H groups in total. The quantitative estimate of drug-likeness (QED) is 0.755. The van der Waals surface area contributed by atoms with Crippen LogP contribution in [-0.4, -0.2) is 49.6 Å². The molecule has 0 aromatic rings. The molecule has 0 saturated carbocycles. The van der Waals surface area contributed by atoms with Gasteiger partial charge < -0.3 is 4.90 Å². The maximum absolute atomic E-state index is 11.8. The minimum atomic E-state index is -3.64. The summed E-state index contributed by atoms with van der Waals surface area (Å²) in [5, 5.41) is 0. The van der Waals surface area contributed by atoms with E-state index < -0.39 is 26.8 Å². The van der Waals surface area contributed by atoms with Gasteiger partial charge in [0, 0.05) is 18.5 Å². The lowest BCUT2D eigenvalue weighted by Gasteiger charge is -2.18. The molecule has 1 saturated heterocycles. The molecule has 0 bridgehead atoms. The van der Waals surface area contributed by atoms with Crippen LogP contribution in [0.25, 0.3) is 0 Å². The first-order valence-corrected chi connectivity index (χ1v) is 7.95. The van der Waals surface area contributed by atoms with Crippen LogP contribution in [0.5, 0.6) is 0 Å². The number of nitrogens with zero attached hydrogens (tertiary/aromatic N) is 1. The van der Waals surface area contributed by atoms with Crippen molar-refractivity contribution in [1.29, 1.82) is 0 Å². The molecule has 5 nitrogen and oxygen atoms in total. The van der Waals surface area contributed by atoms with Crippen molar-refractivity contribution in [1.82, 2.24) is 4.90 Å². The molecule has 0 atom stereocenters. The van der Waals surface area contributed by atoms with Crippen molar-refractivity contribution in [3.8, 4) is 0 Å². The molecule has 1 amide bonds. The average Bonchev–Trinajstić information content (AvgIpc) is 2.66. The number of hydrogen-bond donors (Lipinski definition) is 0. The van der Waals surface area contributed by atoms with Gasteiger partial charge in [0.05, 0.1) is 0 Å². The van der Waals surface area contributed by atoms with Gasteiger partial charge in [0.15, 0.2) is 15.6 Å². The van der Waals surface area contributed by atoms with Crippen molar-refractivity contribution in [2.75, 3.05) is 24.6 Å². The van der Waals surface area contributed by atoms with E-state index in [9.17, 15) is 18.0 Å². The van der Waals surface area contributed by atoms with Crippen molar-refractivity contribution < 1.29 is 18.0 Å². The number of sulfone groups is 1. The summed E-state index contributed by atoms with van der Waals surface area (Å²) in [6, 6.07) is 0. The van der Waals surface area contributed by atoms with Crippen LogP contribution in [0.3, 0.4) is 0 Å². The van der Waals surface area contributed by atoms with Crippen LogP contribution in [0.15, 0.2) is 0 Å². The molecule has 0 unspecified atom stereocenters. The molecule has 0 aromatic heterocycles. The van der Waals surface area contributed by atoms with E-state index in [2.05, 4.69) is 0 Å². The monoisotopic (exact) mass is 275 g/mol. The Labute approximate surface area is 108 Å². The molecule has 1 aliphatic rings. The number of hydrogen-bond acceptors (Lipinski definition) is 4. The fourth-order valence-electron chi connectivity index (χ4n) is 1.71. The number of amides is 1. The molecule has 1 rings (SSSR count). The van der Waals surface area contributed by atoms with Gasteiger partial charge in [0.2, 0.25) is 5.91 Å². The number of rotatable bonds is 4. The van der Waals surface area contributed by atoms with Gasteiger partial charge in [-0.05, 0) is 12.8 Å². The van der Waals surface area contributed by atoms with Gasteiger partial charge in [-0.25, -0.2) is 8.42 Å². The molecule has 104 valence electrons. The maximum Gasteiger partial charge on any atom is 0.237 e. The predicted molar refractivity (Wildman–Crippen MR) is 68.9 cm³/mol. The zero-order chi connectivity index (χ0) is 14.0. The summed E-state index contributed by atoms with van der Waals surface area (Å²) < 4.78 is 23.6. The Kier molecular flexibility index (Phi) is 4.53. The van der Waals surface area contributed by atoms with Crippen molar-refractivity contribution >= 4 is 21.5 Å². The van der Waals surface area contributed by atoms with E-state index in [0.29, 0.717) is 13.1 Å². The standard InChI is InChI=1S/C12H21NO4S/c1-12(2,3)10(14)8-18(16,17)9-11(15)13-6-4-5-7-13/h4-9H2,1-3H3. The Bertz CT molecular complexity index is 427. The normalized spacial score (nSPS) is 16.9. The average molecular weight is 275 g/mol. The summed E-state index contributed by atoms with van der Waals surface area (Å²) >= 11 is 0. The van der Waals surface area contributed by atoms with E-state index in [1.807, 2.05) is 0 Å². The Hall–Kier alpha value is -0.910. The van der Waals surface area contributed by atoms with Gasteiger partial charge in [-0.2, -0.15) is 0 Å². The third-order valence-corrected chi connectivity index (χ3v) is 4.38. The SMILES string of the molecule is CC(C)(C)C(=O)CS(=O)(=O)CC(=O)N1CCCC1. The van der Waals surface area contributed by atoms with Crippen molar-refractivity contribution in [2.45, 2.75) is 33.6 Å². The zero-order valence-electron chi connectivity index (χ0n) is 11.2. The lowest BCUT2D eigenvalue weighted by Crippen LogP contribution is -2.37. The minimum Gasteiger partial charge on any atom is -0.342 e. The first kappa shape index (κ1) is 15.1. The summed E-state index contributed by atoms with van der Waals surface area (Å²) in [4.78, 5) is 25.0. The Balaban J connectivity index is 2.59. The fraction of sp³-hybridized carbons (Fsp3) is 0.833. The second kappa shape index (κ2) is 5.38. The summed E-state index contributed by atoms with van der Waals surface area (Å²) in [5.41, 5.74) is -0.691. The van der Waals surface area contributed by atoms with E-state index in [1.165, 1.54) is 0 Å². The molecule has 0 spiro atoms. The number of Topliss-reactive ketones (excluding diaryl/α,β-unsaturated/α-hetero) is 1. The van der Waals surface area contributed by atoms with Crippen LogP contribution >= 0.6 is 0 Å². The largest absolute Gasteiger partial charge is 0.342 e. The lowest BCUT2D eigenvalue weighted by molar-refractivity contribution is -0.127. The highest BCUT2D eigenvalue weighted by Gasteiger charge is 2.30. The summed E-state index contributed by atoms with van der Waals surface area (Å²) in [7, 11) is -3.64. The van der Waals surface area contributed by atoms with Crippen LogP contribution < -0.4 is 0 Å². The molecule has 0 aromatic carbocycles. The van der Waals surface area contributed by atoms with E-state index in [0.717, 1.165) is 12.8 Å². The molecule has 6 heteroatoms. The third-order valence-electron chi connectivity index (χ3n) is 2.99. The molecule has 1 fully saturated rings. The topological polar surface area (TPSA) is 71.5 Å². The fourth-order valence-corrected chi connectivity index (χ4v) is 3.21. The molecule has 0 aliphatic carbocycles. The van der Waals surface area contributed by atoms with Crippen LogP contribution in [-0.2, 0) is 19.4 Å². The zero-order valence-corrected chi connectivity index (χ0v) is 12.0. The predicted octanol–water partition coefficient (Wildman–Crippen LogP) is 0.639. The Morgan fingerprint density at radius 1 is 1.06 bits per heavy atom. The van der Waals surface area contributed by atoms with Crippen LogP contribution in [0.2, 0.25) is 0 Å². The van der Waals surface area contributed by atoms with Gasteiger partial charge in [-0.1, -0.05) is 20.8 Å². The van der Waals surface area contributed by atoms with E-state index in [-0.39, 0.29) is 11.7 Å². The summed E-state index contributed by atoms with van der Waals surface area (Å²) in [6.07, 6.45) is 1.85. The number of likely N-dealkylation sites (tertiary alicyclic amines) is 1. The summed E-state index contributed by atoms with van der Waals surface area (Å²) in [5.74, 6) is -1.82. The number of carbonyl (C=O) groups is 2. The minimum absolute atomic E-state index is 0.350. The van der Waals surface area contributed by atoms with Crippen molar-refractivity contribution in [2.24, 2.45) is 5.41 Å². The van der Waals surface area contributed by atoms with Gasteiger partial charge in [0.25, 0.3) is 0 Å². The van der Waals surface area contributed by atoms with Crippen LogP contribution in [0, 0.1) is 5.41 Å². The first-order valence-electron chi connectivity index (χ1n) is 6.13. The van der Waals surface area contributed by atoms with Crippen LogP contribution in [0.4, 0.5) is 0 Å². The molecule has 1 aliphatic heterocycles. The molecular formula is C12H21NO4S. The Morgan fingerprint density at radius 2 is 1.56 bits per heavy atom.